The van der Waals surface area contributed by atoms with Gasteiger partial charge in [0.1, 0.15) is 11.6 Å². The number of hydrogen-bond acceptors (Lipinski definition) is 5. The molecule has 2 amide bonds. The van der Waals surface area contributed by atoms with Crippen LogP contribution in [0.3, 0.4) is 0 Å². The Balaban J connectivity index is 1.42. The zero-order valence-electron chi connectivity index (χ0n) is 16.4. The average Bonchev–Trinajstić information content (AvgIpc) is 3.16. The van der Waals surface area contributed by atoms with E-state index in [0.717, 1.165) is 42.9 Å². The number of likely N-dealkylation sites (tertiary alicyclic amines) is 1. The first-order valence-corrected chi connectivity index (χ1v) is 9.89. The Labute approximate surface area is 168 Å². The van der Waals surface area contributed by atoms with E-state index in [4.69, 9.17) is 4.98 Å². The van der Waals surface area contributed by atoms with Crippen LogP contribution in [0.25, 0.3) is 0 Å². The van der Waals surface area contributed by atoms with Crippen molar-refractivity contribution in [3.05, 3.63) is 53.4 Å². The average molecular weight is 397 g/mol. The van der Waals surface area contributed by atoms with Crippen molar-refractivity contribution in [3.63, 3.8) is 0 Å². The first kappa shape index (κ1) is 19.4. The largest absolute Gasteiger partial charge is 0.338 e. The van der Waals surface area contributed by atoms with Crippen LogP contribution in [0.4, 0.5) is 10.1 Å². The van der Waals surface area contributed by atoms with Gasteiger partial charge in [0.15, 0.2) is 0 Å². The maximum absolute atomic E-state index is 13.0. The van der Waals surface area contributed by atoms with E-state index in [1.54, 1.807) is 24.0 Å². The number of fused-ring (bicyclic) bond motifs is 1. The predicted octanol–water partition coefficient (Wildman–Crippen LogP) is 2.30. The molecule has 0 radical (unpaired) electrons. The maximum atomic E-state index is 13.0. The van der Waals surface area contributed by atoms with Crippen molar-refractivity contribution < 1.29 is 14.0 Å². The van der Waals surface area contributed by atoms with Gasteiger partial charge < -0.3 is 10.2 Å². The summed E-state index contributed by atoms with van der Waals surface area (Å²) < 4.78 is 13.0. The Kier molecular flexibility index (Phi) is 5.53. The van der Waals surface area contributed by atoms with Crippen LogP contribution in [0.5, 0.6) is 0 Å². The fourth-order valence-corrected chi connectivity index (χ4v) is 3.99. The monoisotopic (exact) mass is 397 g/mol. The maximum Gasteiger partial charge on any atom is 0.238 e. The SMILES string of the molecule is CC(=O)N1CCc2nc([C@H]3CCCN3CC(=O)Nc3ccc(F)cc3)ncc2C1. The number of hydrogen-bond donors (Lipinski definition) is 1. The number of halogens is 1. The number of rotatable bonds is 4. The van der Waals surface area contributed by atoms with E-state index < -0.39 is 0 Å². The van der Waals surface area contributed by atoms with Gasteiger partial charge in [0.25, 0.3) is 0 Å². The Bertz CT molecular complexity index is 918. The molecule has 7 nitrogen and oxygen atoms in total. The number of nitrogens with one attached hydrogen (secondary N) is 1. The van der Waals surface area contributed by atoms with Gasteiger partial charge in [-0.25, -0.2) is 14.4 Å². The Hall–Kier alpha value is -2.87. The van der Waals surface area contributed by atoms with Crippen molar-refractivity contribution in [3.8, 4) is 0 Å². The van der Waals surface area contributed by atoms with E-state index in [1.165, 1.54) is 12.1 Å². The number of anilines is 1. The fourth-order valence-electron chi connectivity index (χ4n) is 3.99. The lowest BCUT2D eigenvalue weighted by Crippen LogP contribution is -2.36. The van der Waals surface area contributed by atoms with Crippen LogP contribution in [0, 0.1) is 5.82 Å². The topological polar surface area (TPSA) is 78.4 Å². The van der Waals surface area contributed by atoms with Crippen LogP contribution in [-0.4, -0.2) is 51.2 Å². The van der Waals surface area contributed by atoms with Crippen molar-refractivity contribution >= 4 is 17.5 Å². The van der Waals surface area contributed by atoms with Crippen LogP contribution in [-0.2, 0) is 22.6 Å². The zero-order valence-corrected chi connectivity index (χ0v) is 16.4. The fraction of sp³-hybridized carbons (Fsp3) is 0.429. The standard InChI is InChI=1S/C21H24FN5O2/c1-14(28)26-10-8-18-15(12-26)11-23-21(25-18)19-3-2-9-27(19)13-20(29)24-17-6-4-16(22)5-7-17/h4-7,11,19H,2-3,8-10,12-13H2,1H3,(H,24,29)/t19-/m1/s1. The number of aromatic nitrogens is 2. The van der Waals surface area contributed by atoms with E-state index >= 15 is 0 Å². The third kappa shape index (κ3) is 4.42. The molecule has 8 heteroatoms. The first-order chi connectivity index (χ1) is 14.0. The summed E-state index contributed by atoms with van der Waals surface area (Å²) in [5, 5.41) is 2.81. The molecule has 2 aliphatic rings. The summed E-state index contributed by atoms with van der Waals surface area (Å²) in [6.45, 7) is 3.85. The van der Waals surface area contributed by atoms with Gasteiger partial charge in [0.05, 0.1) is 18.3 Å². The van der Waals surface area contributed by atoms with E-state index in [0.29, 0.717) is 18.8 Å². The molecule has 1 fully saturated rings. The van der Waals surface area contributed by atoms with Gasteiger partial charge in [0.2, 0.25) is 11.8 Å². The van der Waals surface area contributed by atoms with Crippen molar-refractivity contribution in [2.75, 3.05) is 25.0 Å². The van der Waals surface area contributed by atoms with Gasteiger partial charge in [-0.2, -0.15) is 0 Å². The molecule has 0 unspecified atom stereocenters. The predicted molar refractivity (Wildman–Crippen MR) is 105 cm³/mol. The van der Waals surface area contributed by atoms with E-state index in [-0.39, 0.29) is 30.2 Å². The molecule has 29 heavy (non-hydrogen) atoms. The number of benzene rings is 1. The molecule has 3 heterocycles. The van der Waals surface area contributed by atoms with Gasteiger partial charge in [-0.15, -0.1) is 0 Å². The third-order valence-electron chi connectivity index (χ3n) is 5.53. The van der Waals surface area contributed by atoms with Gasteiger partial charge in [-0.1, -0.05) is 0 Å². The molecule has 0 bridgehead atoms. The highest BCUT2D eigenvalue weighted by molar-refractivity contribution is 5.92. The number of carbonyl (C=O) groups excluding carboxylic acids is 2. The zero-order chi connectivity index (χ0) is 20.4. The molecular weight excluding hydrogens is 373 g/mol. The van der Waals surface area contributed by atoms with Crippen molar-refractivity contribution in [2.45, 2.75) is 38.8 Å². The molecular formula is C21H24FN5O2. The highest BCUT2D eigenvalue weighted by Gasteiger charge is 2.31. The first-order valence-electron chi connectivity index (χ1n) is 9.89. The molecule has 1 aromatic heterocycles. The number of amides is 2. The molecule has 1 N–H and O–H groups in total. The van der Waals surface area contributed by atoms with Crippen LogP contribution < -0.4 is 5.32 Å². The van der Waals surface area contributed by atoms with Crippen LogP contribution in [0.2, 0.25) is 0 Å². The van der Waals surface area contributed by atoms with Crippen molar-refractivity contribution in [1.29, 1.82) is 0 Å². The second-order valence-corrected chi connectivity index (χ2v) is 7.57. The minimum atomic E-state index is -0.335. The minimum Gasteiger partial charge on any atom is -0.338 e. The lowest BCUT2D eigenvalue weighted by molar-refractivity contribution is -0.129. The summed E-state index contributed by atoms with van der Waals surface area (Å²) >= 11 is 0. The minimum absolute atomic E-state index is 0.00473. The lowest BCUT2D eigenvalue weighted by Gasteiger charge is -2.28. The molecule has 0 aliphatic carbocycles. The molecule has 0 spiro atoms. The number of nitrogens with zero attached hydrogens (tertiary/aromatic N) is 4. The summed E-state index contributed by atoms with van der Waals surface area (Å²) in [4.78, 5) is 37.3. The molecule has 1 saturated heterocycles. The highest BCUT2D eigenvalue weighted by Crippen LogP contribution is 2.30. The third-order valence-corrected chi connectivity index (χ3v) is 5.53. The van der Waals surface area contributed by atoms with E-state index in [1.807, 2.05) is 6.20 Å². The summed E-state index contributed by atoms with van der Waals surface area (Å²) in [5.74, 6) is 0.332. The molecule has 152 valence electrons. The quantitative estimate of drug-likeness (QED) is 0.857. The van der Waals surface area contributed by atoms with Gasteiger partial charge in [-0.05, 0) is 43.7 Å². The lowest BCUT2D eigenvalue weighted by atomic mass is 10.1. The van der Waals surface area contributed by atoms with Gasteiger partial charge >= 0.3 is 0 Å². The van der Waals surface area contributed by atoms with Gasteiger partial charge in [-0.3, -0.25) is 14.5 Å². The van der Waals surface area contributed by atoms with Crippen LogP contribution in [0.1, 0.15) is 42.9 Å². The van der Waals surface area contributed by atoms with Crippen LogP contribution >= 0.6 is 0 Å². The smallest absolute Gasteiger partial charge is 0.238 e. The molecule has 4 rings (SSSR count). The second-order valence-electron chi connectivity index (χ2n) is 7.57. The highest BCUT2D eigenvalue weighted by atomic mass is 19.1. The number of carbonyl (C=O) groups is 2. The summed E-state index contributed by atoms with van der Waals surface area (Å²) in [5.41, 5.74) is 2.57. The molecule has 2 aromatic rings. The Morgan fingerprint density at radius 1 is 1.24 bits per heavy atom. The molecule has 1 atom stereocenters. The summed E-state index contributed by atoms with van der Waals surface area (Å²) in [6.07, 6.45) is 4.43. The normalized spacial score (nSPS) is 19.1. The van der Waals surface area contributed by atoms with Gasteiger partial charge in [0, 0.05) is 43.9 Å². The van der Waals surface area contributed by atoms with Crippen LogP contribution in [0.15, 0.2) is 30.5 Å². The van der Waals surface area contributed by atoms with Crippen molar-refractivity contribution in [1.82, 2.24) is 19.8 Å². The molecule has 1 aromatic carbocycles. The molecule has 0 saturated carbocycles. The Morgan fingerprint density at radius 2 is 2.03 bits per heavy atom. The summed E-state index contributed by atoms with van der Waals surface area (Å²) in [7, 11) is 0. The van der Waals surface area contributed by atoms with E-state index in [2.05, 4.69) is 15.2 Å². The Morgan fingerprint density at radius 3 is 2.79 bits per heavy atom. The second kappa shape index (κ2) is 8.24. The molecule has 2 aliphatic heterocycles. The van der Waals surface area contributed by atoms with Crippen molar-refractivity contribution in [2.24, 2.45) is 0 Å². The van der Waals surface area contributed by atoms with E-state index in [9.17, 15) is 14.0 Å². The summed E-state index contributed by atoms with van der Waals surface area (Å²) in [6, 6.07) is 5.74.